The number of nitrogens with zero attached hydrogens (tertiary/aromatic N) is 4. The van der Waals surface area contributed by atoms with Crippen molar-refractivity contribution in [2.75, 3.05) is 4.72 Å². The number of halogens is 2. The monoisotopic (exact) mass is 449 g/mol. The van der Waals surface area contributed by atoms with Crippen LogP contribution < -0.4 is 9.46 Å². The van der Waals surface area contributed by atoms with Gasteiger partial charge < -0.3 is 4.74 Å². The van der Waals surface area contributed by atoms with Crippen molar-refractivity contribution >= 4 is 15.8 Å². The normalized spacial score (nSPS) is 18.8. The van der Waals surface area contributed by atoms with Gasteiger partial charge in [0.05, 0.1) is 0 Å². The molecule has 31 heavy (non-hydrogen) atoms. The summed E-state index contributed by atoms with van der Waals surface area (Å²) in [6.07, 6.45) is 6.35. The Balaban J connectivity index is 1.57. The van der Waals surface area contributed by atoms with Crippen molar-refractivity contribution < 1.29 is 21.9 Å². The van der Waals surface area contributed by atoms with Gasteiger partial charge >= 0.3 is 0 Å². The maximum atomic E-state index is 14.7. The van der Waals surface area contributed by atoms with Gasteiger partial charge in [-0.2, -0.15) is 5.10 Å². The van der Waals surface area contributed by atoms with E-state index < -0.39 is 26.6 Å². The second kappa shape index (κ2) is 8.58. The number of ether oxygens (including phenoxy) is 1. The second-order valence-corrected chi connectivity index (χ2v) is 8.80. The molecular formula is C20H21F2N5O3S. The fraction of sp³-hybridized carbons (Fsp3) is 0.350. The van der Waals surface area contributed by atoms with Crippen molar-refractivity contribution in [1.29, 1.82) is 0 Å². The zero-order valence-corrected chi connectivity index (χ0v) is 17.5. The molecule has 0 saturated heterocycles. The first kappa shape index (κ1) is 21.2. The van der Waals surface area contributed by atoms with Crippen molar-refractivity contribution in [1.82, 2.24) is 19.7 Å². The van der Waals surface area contributed by atoms with Crippen molar-refractivity contribution in [2.24, 2.45) is 0 Å². The van der Waals surface area contributed by atoms with Gasteiger partial charge in [-0.25, -0.2) is 27.2 Å². The molecule has 2 heterocycles. The zero-order chi connectivity index (χ0) is 22.0. The van der Waals surface area contributed by atoms with E-state index in [9.17, 15) is 17.2 Å². The van der Waals surface area contributed by atoms with E-state index in [1.165, 1.54) is 12.3 Å². The molecule has 4 rings (SSSR count). The van der Waals surface area contributed by atoms with Crippen molar-refractivity contribution in [3.05, 3.63) is 60.3 Å². The van der Waals surface area contributed by atoms with E-state index in [0.29, 0.717) is 6.54 Å². The predicted molar refractivity (Wildman–Crippen MR) is 108 cm³/mol. The van der Waals surface area contributed by atoms with Crippen LogP contribution >= 0.6 is 0 Å². The number of aryl methyl sites for hydroxylation is 1. The predicted octanol–water partition coefficient (Wildman–Crippen LogP) is 3.49. The van der Waals surface area contributed by atoms with Crippen LogP contribution in [0.3, 0.4) is 0 Å². The second-order valence-electron chi connectivity index (χ2n) is 7.18. The Bertz CT molecular complexity index is 1150. The Morgan fingerprint density at radius 3 is 2.65 bits per heavy atom. The molecule has 0 bridgehead atoms. The third-order valence-corrected chi connectivity index (χ3v) is 6.64. The number of sulfonamides is 1. The minimum atomic E-state index is -4.53. The Labute approximate surface area is 178 Å². The third kappa shape index (κ3) is 4.36. The highest BCUT2D eigenvalue weighted by Gasteiger charge is 2.33. The zero-order valence-electron chi connectivity index (χ0n) is 16.7. The summed E-state index contributed by atoms with van der Waals surface area (Å²) >= 11 is 0. The van der Waals surface area contributed by atoms with Crippen LogP contribution in [0.15, 0.2) is 47.9 Å². The van der Waals surface area contributed by atoms with Crippen LogP contribution in [0, 0.1) is 11.6 Å². The Morgan fingerprint density at radius 2 is 1.97 bits per heavy atom. The van der Waals surface area contributed by atoms with Crippen LogP contribution in [-0.4, -0.2) is 34.3 Å². The van der Waals surface area contributed by atoms with Crippen LogP contribution in [0.25, 0.3) is 0 Å². The minimum absolute atomic E-state index is 0.0383. The van der Waals surface area contributed by atoms with Gasteiger partial charge in [0.2, 0.25) is 0 Å². The maximum Gasteiger partial charge on any atom is 0.268 e. The molecule has 0 radical (unpaired) electrons. The van der Waals surface area contributed by atoms with Gasteiger partial charge in [-0.1, -0.05) is 0 Å². The molecule has 1 saturated carbocycles. The molecule has 11 heteroatoms. The minimum Gasteiger partial charge on any atom is -0.490 e. The van der Waals surface area contributed by atoms with Crippen molar-refractivity contribution in [3.8, 4) is 5.75 Å². The van der Waals surface area contributed by atoms with Crippen molar-refractivity contribution in [3.63, 3.8) is 0 Å². The number of benzene rings is 1. The lowest BCUT2D eigenvalue weighted by Gasteiger charge is -2.22. The van der Waals surface area contributed by atoms with Gasteiger partial charge in [0.25, 0.3) is 10.0 Å². The largest absolute Gasteiger partial charge is 0.490 e. The fourth-order valence-electron chi connectivity index (χ4n) is 3.90. The first-order valence-electron chi connectivity index (χ1n) is 9.85. The Morgan fingerprint density at radius 1 is 1.19 bits per heavy atom. The molecule has 2 aromatic heterocycles. The first-order valence-corrected chi connectivity index (χ1v) is 11.3. The lowest BCUT2D eigenvalue weighted by Crippen LogP contribution is -2.23. The lowest BCUT2D eigenvalue weighted by atomic mass is 10.0. The number of anilines is 1. The summed E-state index contributed by atoms with van der Waals surface area (Å²) in [4.78, 5) is 6.27. The van der Waals surface area contributed by atoms with Crippen LogP contribution in [0.5, 0.6) is 5.75 Å². The SMILES string of the molecule is CCn1nccc1C1CCCC1Oc1cc(F)c(S(=O)(=O)Nc2ccncn2)c(F)c1. The van der Waals surface area contributed by atoms with E-state index in [-0.39, 0.29) is 23.6 Å². The molecule has 1 fully saturated rings. The smallest absolute Gasteiger partial charge is 0.268 e. The molecule has 1 aliphatic rings. The molecule has 0 aliphatic heterocycles. The van der Waals surface area contributed by atoms with Crippen LogP contribution in [-0.2, 0) is 16.6 Å². The molecule has 1 aliphatic carbocycles. The lowest BCUT2D eigenvalue weighted by molar-refractivity contribution is 0.184. The van der Waals surface area contributed by atoms with Gasteiger partial charge in [-0.05, 0) is 38.3 Å². The number of nitrogens with one attached hydrogen (secondary N) is 1. The number of hydrogen-bond donors (Lipinski definition) is 1. The summed E-state index contributed by atoms with van der Waals surface area (Å²) in [5, 5.41) is 4.28. The van der Waals surface area contributed by atoms with E-state index >= 15 is 0 Å². The molecular weight excluding hydrogens is 428 g/mol. The topological polar surface area (TPSA) is 99.0 Å². The van der Waals surface area contributed by atoms with Crippen molar-refractivity contribution in [2.45, 2.75) is 49.6 Å². The summed E-state index contributed by atoms with van der Waals surface area (Å²) in [6.45, 7) is 2.70. The molecule has 0 amide bonds. The van der Waals surface area contributed by atoms with Gasteiger partial charge in [-0.3, -0.25) is 9.40 Å². The van der Waals surface area contributed by atoms with Crippen LogP contribution in [0.4, 0.5) is 14.6 Å². The molecule has 1 aromatic carbocycles. The average Bonchev–Trinajstić information content (AvgIpc) is 3.36. The van der Waals surface area contributed by atoms with E-state index in [4.69, 9.17) is 4.74 Å². The molecule has 8 nitrogen and oxygen atoms in total. The molecule has 2 atom stereocenters. The maximum absolute atomic E-state index is 14.7. The van der Waals surface area contributed by atoms with Crippen LogP contribution in [0.2, 0.25) is 0 Å². The fourth-order valence-corrected chi connectivity index (χ4v) is 5.03. The Hall–Kier alpha value is -3.08. The molecule has 0 spiro atoms. The molecule has 164 valence electrons. The standard InChI is InChI=1S/C20H21F2N5O3S/c1-2-27-17(6-9-25-27)14-4-3-5-18(14)30-13-10-15(21)20(16(22)11-13)31(28,29)26-19-7-8-23-12-24-19/h6-12,14,18H,2-5H2,1H3,(H,23,24,26). The van der Waals surface area contributed by atoms with E-state index in [1.54, 1.807) is 6.20 Å². The number of rotatable bonds is 7. The summed E-state index contributed by atoms with van der Waals surface area (Å²) in [5.74, 6) is -2.61. The van der Waals surface area contributed by atoms with Gasteiger partial charge in [0.1, 0.15) is 35.6 Å². The number of aromatic nitrogens is 4. The summed E-state index contributed by atoms with van der Waals surface area (Å²) in [7, 11) is -4.53. The van der Waals surface area contributed by atoms with Crippen LogP contribution in [0.1, 0.15) is 37.8 Å². The quantitative estimate of drug-likeness (QED) is 0.593. The van der Waals surface area contributed by atoms with Gasteiger partial charge in [0, 0.05) is 42.7 Å². The van der Waals surface area contributed by atoms with E-state index in [0.717, 1.165) is 43.4 Å². The summed E-state index contributed by atoms with van der Waals surface area (Å²) in [6, 6.07) is 4.98. The third-order valence-electron chi connectivity index (χ3n) is 5.23. The Kier molecular flexibility index (Phi) is 5.86. The molecule has 3 aromatic rings. The average molecular weight is 449 g/mol. The molecule has 1 N–H and O–H groups in total. The van der Waals surface area contributed by atoms with Gasteiger partial charge in [-0.15, -0.1) is 0 Å². The summed E-state index contributed by atoms with van der Waals surface area (Å²) < 4.78 is 64.1. The highest BCUT2D eigenvalue weighted by atomic mass is 32.2. The van der Waals surface area contributed by atoms with E-state index in [1.807, 2.05) is 22.4 Å². The first-order chi connectivity index (χ1) is 14.9. The highest BCUT2D eigenvalue weighted by molar-refractivity contribution is 7.92. The molecule has 2 unspecified atom stereocenters. The highest BCUT2D eigenvalue weighted by Crippen LogP contribution is 2.38. The van der Waals surface area contributed by atoms with Gasteiger partial charge in [0.15, 0.2) is 4.90 Å². The van der Waals surface area contributed by atoms with E-state index in [2.05, 4.69) is 15.1 Å². The number of hydrogen-bond acceptors (Lipinski definition) is 6. The summed E-state index contributed by atoms with van der Waals surface area (Å²) in [5.41, 5.74) is 1.01.